The van der Waals surface area contributed by atoms with Crippen LogP contribution in [0, 0.1) is 0 Å². The smallest absolute Gasteiger partial charge is 0.273 e. The van der Waals surface area contributed by atoms with Gasteiger partial charge in [0, 0.05) is 30.1 Å². The molecule has 1 saturated carbocycles. The first kappa shape index (κ1) is 23.5. The molecule has 1 fully saturated rings. The van der Waals surface area contributed by atoms with E-state index in [0.29, 0.717) is 18.8 Å². The molecule has 0 spiro atoms. The molecule has 1 unspecified atom stereocenters. The Morgan fingerprint density at radius 3 is 2.79 bits per heavy atom. The summed E-state index contributed by atoms with van der Waals surface area (Å²) < 4.78 is 1.53. The predicted octanol–water partition coefficient (Wildman–Crippen LogP) is 2.99. The second-order valence-electron chi connectivity index (χ2n) is 9.20. The number of nitrogens with one attached hydrogen (secondary N) is 2. The quantitative estimate of drug-likeness (QED) is 0.588. The van der Waals surface area contributed by atoms with Gasteiger partial charge in [-0.1, -0.05) is 32.3 Å². The summed E-state index contributed by atoms with van der Waals surface area (Å²) in [5, 5.41) is 12.5. The number of fused-ring (bicyclic) bond motifs is 1. The molecule has 2 aromatic heterocycles. The van der Waals surface area contributed by atoms with E-state index in [1.54, 1.807) is 22.3 Å². The molecule has 0 radical (unpaired) electrons. The van der Waals surface area contributed by atoms with Crippen LogP contribution in [0.1, 0.15) is 78.2 Å². The Morgan fingerprint density at radius 2 is 2.09 bits per heavy atom. The van der Waals surface area contributed by atoms with Crippen LogP contribution in [-0.2, 0) is 17.8 Å². The normalized spacial score (nSPS) is 20.7. The topological polar surface area (TPSA) is 96.3 Å². The van der Waals surface area contributed by atoms with Gasteiger partial charge in [-0.2, -0.15) is 5.10 Å². The Bertz CT molecular complexity index is 996. The number of carbonyl (C=O) groups excluding carboxylic acids is 3. The van der Waals surface area contributed by atoms with Gasteiger partial charge in [-0.15, -0.1) is 11.3 Å². The summed E-state index contributed by atoms with van der Waals surface area (Å²) in [5.74, 6) is -0.690. The molecule has 0 bridgehead atoms. The lowest BCUT2D eigenvalue weighted by atomic mass is 9.94. The SMILES string of the molecule is CCCCN1C(=O)c2cc(C(=O)NCCc3cccs3)nn2CC1(C)C(=O)NC1CCCC1. The maximum Gasteiger partial charge on any atom is 0.273 e. The van der Waals surface area contributed by atoms with Crippen molar-refractivity contribution in [2.24, 2.45) is 0 Å². The highest BCUT2D eigenvalue weighted by Gasteiger charge is 2.48. The van der Waals surface area contributed by atoms with Gasteiger partial charge in [-0.05, 0) is 44.1 Å². The zero-order chi connectivity index (χ0) is 23.4. The van der Waals surface area contributed by atoms with E-state index >= 15 is 0 Å². The lowest BCUT2D eigenvalue weighted by molar-refractivity contribution is -0.133. The highest BCUT2D eigenvalue weighted by atomic mass is 32.1. The van der Waals surface area contributed by atoms with Crippen LogP contribution < -0.4 is 10.6 Å². The summed E-state index contributed by atoms with van der Waals surface area (Å²) in [6.07, 6.45) is 6.67. The first-order valence-electron chi connectivity index (χ1n) is 11.9. The zero-order valence-electron chi connectivity index (χ0n) is 19.4. The van der Waals surface area contributed by atoms with Crippen LogP contribution in [0.2, 0.25) is 0 Å². The van der Waals surface area contributed by atoms with Crippen molar-refractivity contribution >= 4 is 29.1 Å². The van der Waals surface area contributed by atoms with Crippen molar-refractivity contribution in [3.05, 3.63) is 39.8 Å². The summed E-state index contributed by atoms with van der Waals surface area (Å²) in [7, 11) is 0. The van der Waals surface area contributed by atoms with Gasteiger partial charge in [0.2, 0.25) is 5.91 Å². The zero-order valence-corrected chi connectivity index (χ0v) is 20.2. The van der Waals surface area contributed by atoms with Gasteiger partial charge < -0.3 is 15.5 Å². The molecule has 2 aromatic rings. The second kappa shape index (κ2) is 10.1. The first-order valence-corrected chi connectivity index (χ1v) is 12.8. The second-order valence-corrected chi connectivity index (χ2v) is 10.2. The number of nitrogens with zero attached hydrogens (tertiary/aromatic N) is 3. The molecule has 0 saturated heterocycles. The summed E-state index contributed by atoms with van der Waals surface area (Å²) in [5.41, 5.74) is -0.470. The van der Waals surface area contributed by atoms with Gasteiger partial charge in [0.25, 0.3) is 11.8 Å². The third-order valence-corrected chi connectivity index (χ3v) is 7.62. The van der Waals surface area contributed by atoms with Gasteiger partial charge in [0.05, 0.1) is 6.54 Å². The molecule has 2 aliphatic rings. The number of amides is 3. The average molecular weight is 472 g/mol. The number of thiophene rings is 1. The van der Waals surface area contributed by atoms with Crippen LogP contribution >= 0.6 is 11.3 Å². The molecule has 178 valence electrons. The van der Waals surface area contributed by atoms with E-state index < -0.39 is 5.54 Å². The van der Waals surface area contributed by atoms with Crippen molar-refractivity contribution in [1.29, 1.82) is 0 Å². The number of aromatic nitrogens is 2. The molecule has 1 aliphatic heterocycles. The van der Waals surface area contributed by atoms with Crippen molar-refractivity contribution in [1.82, 2.24) is 25.3 Å². The minimum absolute atomic E-state index is 0.137. The third-order valence-electron chi connectivity index (χ3n) is 6.68. The summed E-state index contributed by atoms with van der Waals surface area (Å²) in [6.45, 7) is 5.11. The third kappa shape index (κ3) is 4.98. The minimum atomic E-state index is -1.04. The fourth-order valence-corrected chi connectivity index (χ4v) is 5.38. The predicted molar refractivity (Wildman–Crippen MR) is 127 cm³/mol. The van der Waals surface area contributed by atoms with E-state index in [1.165, 1.54) is 9.56 Å². The number of unbranched alkanes of at least 4 members (excludes halogenated alkanes) is 1. The van der Waals surface area contributed by atoms with E-state index in [-0.39, 0.29) is 36.0 Å². The van der Waals surface area contributed by atoms with E-state index in [4.69, 9.17) is 0 Å². The van der Waals surface area contributed by atoms with Crippen molar-refractivity contribution < 1.29 is 14.4 Å². The largest absolute Gasteiger partial charge is 0.351 e. The van der Waals surface area contributed by atoms with Crippen molar-refractivity contribution in [2.45, 2.75) is 76.9 Å². The Labute approximate surface area is 198 Å². The van der Waals surface area contributed by atoms with Gasteiger partial charge in [0.15, 0.2) is 5.69 Å². The maximum atomic E-state index is 13.4. The van der Waals surface area contributed by atoms with E-state index in [1.807, 2.05) is 24.4 Å². The lowest BCUT2D eigenvalue weighted by Gasteiger charge is -2.43. The van der Waals surface area contributed by atoms with E-state index in [9.17, 15) is 14.4 Å². The molecule has 1 atom stereocenters. The molecule has 2 N–H and O–H groups in total. The highest BCUT2D eigenvalue weighted by Crippen LogP contribution is 2.29. The molecule has 1 aliphatic carbocycles. The van der Waals surface area contributed by atoms with Crippen molar-refractivity contribution in [3.63, 3.8) is 0 Å². The van der Waals surface area contributed by atoms with Crippen LogP contribution in [0.25, 0.3) is 0 Å². The highest BCUT2D eigenvalue weighted by molar-refractivity contribution is 7.09. The summed E-state index contributed by atoms with van der Waals surface area (Å²) >= 11 is 1.65. The van der Waals surface area contributed by atoms with Gasteiger partial charge in [-0.3, -0.25) is 19.1 Å². The van der Waals surface area contributed by atoms with Crippen LogP contribution in [0.15, 0.2) is 23.6 Å². The molecule has 3 amide bonds. The van der Waals surface area contributed by atoms with Gasteiger partial charge in [0.1, 0.15) is 11.2 Å². The monoisotopic (exact) mass is 471 g/mol. The molecule has 4 rings (SSSR count). The Kier molecular flexibility index (Phi) is 7.17. The standard InChI is InChI=1S/C24H33N5O3S/c1-3-4-13-28-22(31)20-15-19(21(30)25-12-11-18-10-7-14-33-18)27-29(20)16-24(28,2)23(32)26-17-8-5-6-9-17/h7,10,14-15,17H,3-6,8-9,11-13,16H2,1-2H3,(H,25,30)(H,26,32). The number of hydrogen-bond donors (Lipinski definition) is 2. The molecule has 9 heteroatoms. The Morgan fingerprint density at radius 1 is 1.30 bits per heavy atom. The molecule has 33 heavy (non-hydrogen) atoms. The average Bonchev–Trinajstić information content (AvgIpc) is 3.55. The molecular formula is C24H33N5O3S. The Balaban J connectivity index is 1.51. The van der Waals surface area contributed by atoms with Crippen molar-refractivity contribution in [3.8, 4) is 0 Å². The first-order chi connectivity index (χ1) is 15.9. The fourth-order valence-electron chi connectivity index (χ4n) is 4.67. The van der Waals surface area contributed by atoms with Gasteiger partial charge >= 0.3 is 0 Å². The minimum Gasteiger partial charge on any atom is -0.351 e. The molecule has 8 nitrogen and oxygen atoms in total. The number of rotatable bonds is 9. The number of carbonyl (C=O) groups is 3. The summed E-state index contributed by atoms with van der Waals surface area (Å²) in [6, 6.07) is 5.74. The van der Waals surface area contributed by atoms with Gasteiger partial charge in [-0.25, -0.2) is 0 Å². The lowest BCUT2D eigenvalue weighted by Crippen LogP contribution is -2.65. The maximum absolute atomic E-state index is 13.4. The van der Waals surface area contributed by atoms with Crippen LogP contribution in [0.5, 0.6) is 0 Å². The van der Waals surface area contributed by atoms with Crippen molar-refractivity contribution in [2.75, 3.05) is 13.1 Å². The van der Waals surface area contributed by atoms with Crippen LogP contribution in [0.4, 0.5) is 0 Å². The Hall–Kier alpha value is -2.68. The summed E-state index contributed by atoms with van der Waals surface area (Å²) in [4.78, 5) is 42.4. The van der Waals surface area contributed by atoms with E-state index in [0.717, 1.165) is 44.9 Å². The fraction of sp³-hybridized carbons (Fsp3) is 0.583. The van der Waals surface area contributed by atoms with Crippen LogP contribution in [0.3, 0.4) is 0 Å². The number of hydrogen-bond acceptors (Lipinski definition) is 5. The molecule has 3 heterocycles. The molecule has 0 aromatic carbocycles. The molecular weight excluding hydrogens is 438 g/mol. The van der Waals surface area contributed by atoms with Crippen LogP contribution in [-0.4, -0.2) is 57.1 Å². The van der Waals surface area contributed by atoms with E-state index in [2.05, 4.69) is 22.7 Å².